The Morgan fingerprint density at radius 3 is 2.42 bits per heavy atom. The van der Waals surface area contributed by atoms with Gasteiger partial charge in [0.1, 0.15) is 0 Å². The molecule has 0 unspecified atom stereocenters. The summed E-state index contributed by atoms with van der Waals surface area (Å²) in [5, 5.41) is 2.32. The average Bonchev–Trinajstić information content (AvgIpc) is 2.65. The molecule has 0 saturated carbocycles. The lowest BCUT2D eigenvalue weighted by molar-refractivity contribution is -0.123. The first-order valence-electron chi connectivity index (χ1n) is 7.48. The van der Waals surface area contributed by atoms with Crippen LogP contribution < -0.4 is 9.62 Å². The minimum Gasteiger partial charge on any atom is -0.452 e. The van der Waals surface area contributed by atoms with Crippen LogP contribution in [0.15, 0.2) is 53.4 Å². The van der Waals surface area contributed by atoms with E-state index in [9.17, 15) is 18.0 Å². The summed E-state index contributed by atoms with van der Waals surface area (Å²) in [5.41, 5.74) is 0.323. The maximum atomic E-state index is 12.8. The third-order valence-electron chi connectivity index (χ3n) is 3.55. The quantitative estimate of drug-likeness (QED) is 0.754. The van der Waals surface area contributed by atoms with Crippen molar-refractivity contribution in [3.63, 3.8) is 0 Å². The summed E-state index contributed by atoms with van der Waals surface area (Å²) < 4.78 is 31.5. The maximum Gasteiger partial charge on any atom is 0.340 e. The second-order valence-electron chi connectivity index (χ2n) is 5.20. The van der Waals surface area contributed by atoms with Crippen molar-refractivity contribution < 1.29 is 22.7 Å². The Morgan fingerprint density at radius 2 is 1.81 bits per heavy atom. The van der Waals surface area contributed by atoms with Gasteiger partial charge in [0.05, 0.1) is 21.2 Å². The summed E-state index contributed by atoms with van der Waals surface area (Å²) in [6.07, 6.45) is 0. The van der Waals surface area contributed by atoms with Crippen LogP contribution in [0.25, 0.3) is 0 Å². The van der Waals surface area contributed by atoms with Gasteiger partial charge in [0.2, 0.25) is 0 Å². The number of nitrogens with one attached hydrogen (secondary N) is 1. The molecule has 1 amide bonds. The molecular weight excluding hydrogens is 380 g/mol. The molecule has 0 radical (unpaired) electrons. The van der Waals surface area contributed by atoms with Crippen molar-refractivity contribution in [2.45, 2.75) is 4.90 Å². The molecule has 0 heterocycles. The highest BCUT2D eigenvalue weighted by Gasteiger charge is 2.24. The fourth-order valence-electron chi connectivity index (χ4n) is 2.04. The van der Waals surface area contributed by atoms with Gasteiger partial charge in [-0.05, 0) is 30.3 Å². The van der Waals surface area contributed by atoms with Crippen molar-refractivity contribution >= 4 is 39.2 Å². The Kier molecular flexibility index (Phi) is 6.23. The number of benzene rings is 2. The number of hydrogen-bond donors (Lipinski definition) is 1. The zero-order valence-electron chi connectivity index (χ0n) is 14.1. The van der Waals surface area contributed by atoms with Gasteiger partial charge in [0.15, 0.2) is 6.61 Å². The van der Waals surface area contributed by atoms with Gasteiger partial charge in [-0.2, -0.15) is 0 Å². The van der Waals surface area contributed by atoms with E-state index in [1.807, 2.05) is 0 Å². The molecule has 2 aromatic carbocycles. The highest BCUT2D eigenvalue weighted by Crippen LogP contribution is 2.26. The van der Waals surface area contributed by atoms with E-state index in [2.05, 4.69) is 5.32 Å². The molecule has 0 fully saturated rings. The van der Waals surface area contributed by atoms with E-state index in [4.69, 9.17) is 16.3 Å². The molecule has 0 saturated heterocycles. The topological polar surface area (TPSA) is 92.8 Å². The summed E-state index contributed by atoms with van der Waals surface area (Å²) in [5.74, 6) is -1.39. The number of carbonyl (C=O) groups excluding carboxylic acids is 2. The molecule has 7 nitrogen and oxygen atoms in total. The number of para-hydroxylation sites is 1. The lowest BCUT2D eigenvalue weighted by atomic mass is 10.2. The Balaban J connectivity index is 2.33. The van der Waals surface area contributed by atoms with Gasteiger partial charge in [0, 0.05) is 14.1 Å². The first kappa shape index (κ1) is 19.7. The van der Waals surface area contributed by atoms with Gasteiger partial charge in [-0.15, -0.1) is 0 Å². The number of sulfonamides is 1. The van der Waals surface area contributed by atoms with Crippen molar-refractivity contribution in [2.24, 2.45) is 0 Å². The van der Waals surface area contributed by atoms with E-state index in [1.54, 1.807) is 30.3 Å². The van der Waals surface area contributed by atoms with E-state index >= 15 is 0 Å². The highest BCUT2D eigenvalue weighted by atomic mass is 35.5. The number of halogens is 1. The molecule has 1 N–H and O–H groups in total. The number of likely N-dealkylation sites (N-methyl/N-ethyl adjacent to an activating group) is 1. The number of hydrogen-bond acceptors (Lipinski definition) is 5. The van der Waals surface area contributed by atoms with Gasteiger partial charge < -0.3 is 10.1 Å². The van der Waals surface area contributed by atoms with Crippen molar-refractivity contribution in [1.29, 1.82) is 0 Å². The van der Waals surface area contributed by atoms with Crippen molar-refractivity contribution in [3.05, 3.63) is 59.1 Å². The van der Waals surface area contributed by atoms with Crippen molar-refractivity contribution in [2.75, 3.05) is 25.0 Å². The summed E-state index contributed by atoms with van der Waals surface area (Å²) in [4.78, 5) is 23.2. The molecular formula is C17H17ClN2O5S. The van der Waals surface area contributed by atoms with Crippen LogP contribution in [0.1, 0.15) is 10.4 Å². The Morgan fingerprint density at radius 1 is 1.15 bits per heavy atom. The highest BCUT2D eigenvalue weighted by molar-refractivity contribution is 7.92. The second kappa shape index (κ2) is 8.20. The lowest BCUT2D eigenvalue weighted by Gasteiger charge is -2.20. The van der Waals surface area contributed by atoms with E-state index in [0.29, 0.717) is 5.69 Å². The molecule has 0 aliphatic carbocycles. The molecule has 0 aliphatic heterocycles. The summed E-state index contributed by atoms with van der Waals surface area (Å²) in [6, 6.07) is 12.2. The molecule has 0 spiro atoms. The molecule has 0 bridgehead atoms. The summed E-state index contributed by atoms with van der Waals surface area (Å²) in [7, 11) is -1.11. The number of carbonyl (C=O) groups is 2. The number of amides is 1. The van der Waals surface area contributed by atoms with E-state index < -0.39 is 28.5 Å². The minimum atomic E-state index is -3.91. The minimum absolute atomic E-state index is 0.0215. The third kappa shape index (κ3) is 4.33. The zero-order chi connectivity index (χ0) is 19.3. The number of esters is 1. The number of rotatable bonds is 6. The van der Waals surface area contributed by atoms with Crippen LogP contribution >= 0.6 is 11.6 Å². The predicted molar refractivity (Wildman–Crippen MR) is 97.8 cm³/mol. The molecule has 0 aromatic heterocycles. The fourth-order valence-corrected chi connectivity index (χ4v) is 3.45. The normalized spacial score (nSPS) is 10.9. The van der Waals surface area contributed by atoms with Gasteiger partial charge in [-0.25, -0.2) is 13.2 Å². The molecule has 9 heteroatoms. The smallest absolute Gasteiger partial charge is 0.340 e. The van der Waals surface area contributed by atoms with E-state index in [-0.39, 0.29) is 15.5 Å². The van der Waals surface area contributed by atoms with Gasteiger partial charge in [-0.1, -0.05) is 29.8 Å². The predicted octanol–water partition coefficient (Wildman–Crippen LogP) is 2.07. The van der Waals surface area contributed by atoms with Gasteiger partial charge in [0.25, 0.3) is 15.9 Å². The van der Waals surface area contributed by atoms with E-state index in [0.717, 1.165) is 10.4 Å². The van der Waals surface area contributed by atoms with Crippen LogP contribution in [0.4, 0.5) is 5.69 Å². The first-order valence-corrected chi connectivity index (χ1v) is 9.30. The van der Waals surface area contributed by atoms with Crippen LogP contribution in [0, 0.1) is 0 Å². The van der Waals surface area contributed by atoms with Crippen LogP contribution in [0.5, 0.6) is 0 Å². The largest absolute Gasteiger partial charge is 0.452 e. The first-order chi connectivity index (χ1) is 12.3. The second-order valence-corrected chi connectivity index (χ2v) is 7.58. The van der Waals surface area contributed by atoms with Crippen LogP contribution in [-0.4, -0.2) is 41.0 Å². The molecule has 26 heavy (non-hydrogen) atoms. The van der Waals surface area contributed by atoms with Crippen molar-refractivity contribution in [1.82, 2.24) is 5.32 Å². The Labute approximate surface area is 156 Å². The number of ether oxygens (including phenoxy) is 1. The van der Waals surface area contributed by atoms with Gasteiger partial charge >= 0.3 is 5.97 Å². The average molecular weight is 397 g/mol. The molecule has 0 atom stereocenters. The summed E-state index contributed by atoms with van der Waals surface area (Å²) in [6.45, 7) is -0.493. The van der Waals surface area contributed by atoms with Crippen LogP contribution in [0.3, 0.4) is 0 Å². The number of nitrogens with zero attached hydrogens (tertiary/aromatic N) is 1. The maximum absolute atomic E-state index is 12.8. The standard InChI is InChI=1S/C17H17ClN2O5S/c1-19-16(21)11-25-17(22)14-10-13(8-9-15(14)18)26(23,24)20(2)12-6-4-3-5-7-12/h3-10H,11H2,1-2H3,(H,19,21). The fraction of sp³-hybridized carbons (Fsp3) is 0.176. The lowest BCUT2D eigenvalue weighted by Crippen LogP contribution is -2.27. The monoisotopic (exact) mass is 396 g/mol. The molecule has 2 aromatic rings. The molecule has 2 rings (SSSR count). The van der Waals surface area contributed by atoms with E-state index in [1.165, 1.54) is 26.2 Å². The summed E-state index contributed by atoms with van der Waals surface area (Å²) >= 11 is 5.98. The molecule has 0 aliphatic rings. The molecule has 138 valence electrons. The van der Waals surface area contributed by atoms with Crippen LogP contribution in [0.2, 0.25) is 5.02 Å². The Hall–Kier alpha value is -2.58. The van der Waals surface area contributed by atoms with Gasteiger partial charge in [-0.3, -0.25) is 9.10 Å². The van der Waals surface area contributed by atoms with Crippen LogP contribution in [-0.2, 0) is 19.6 Å². The number of anilines is 1. The van der Waals surface area contributed by atoms with Crippen molar-refractivity contribution in [3.8, 4) is 0 Å². The Bertz CT molecular complexity index is 916. The SMILES string of the molecule is CNC(=O)COC(=O)c1cc(S(=O)(=O)N(C)c2ccccc2)ccc1Cl. The third-order valence-corrected chi connectivity index (χ3v) is 5.66. The zero-order valence-corrected chi connectivity index (χ0v) is 15.7.